The van der Waals surface area contributed by atoms with Crippen molar-refractivity contribution < 1.29 is 23.1 Å². The summed E-state index contributed by atoms with van der Waals surface area (Å²) in [5.41, 5.74) is 2.31. The number of rotatable bonds is 10. The van der Waals surface area contributed by atoms with Gasteiger partial charge in [-0.3, -0.25) is 9.59 Å². The van der Waals surface area contributed by atoms with Crippen molar-refractivity contribution in [2.45, 2.75) is 51.8 Å². The highest BCUT2D eigenvalue weighted by Gasteiger charge is 2.34. The van der Waals surface area contributed by atoms with Crippen LogP contribution in [0.3, 0.4) is 0 Å². The van der Waals surface area contributed by atoms with Crippen LogP contribution < -0.4 is 5.32 Å². The smallest absolute Gasteiger partial charge is 0.309 e. The average Bonchev–Trinajstić information content (AvgIpc) is 2.92. The number of esters is 1. The zero-order chi connectivity index (χ0) is 28.9. The summed E-state index contributed by atoms with van der Waals surface area (Å²) >= 11 is 3.49. The molecule has 0 aliphatic heterocycles. The Labute approximate surface area is 241 Å². The fraction of sp³-hybridized carbons (Fsp3) is 0.281. The molecule has 1 heterocycles. The molecule has 1 N–H and O–H groups in total. The van der Waals surface area contributed by atoms with Gasteiger partial charge < -0.3 is 10.1 Å². The van der Waals surface area contributed by atoms with Crippen molar-refractivity contribution in [3.63, 3.8) is 0 Å². The highest BCUT2D eigenvalue weighted by Crippen LogP contribution is 2.33. The van der Waals surface area contributed by atoms with Gasteiger partial charge in [0.05, 0.1) is 23.2 Å². The van der Waals surface area contributed by atoms with Gasteiger partial charge in [0.1, 0.15) is 5.82 Å². The third-order valence-corrected chi connectivity index (χ3v) is 7.43. The zero-order valence-electron chi connectivity index (χ0n) is 22.6. The number of nitrogens with zero attached hydrogens (tertiary/aromatic N) is 1. The molecule has 8 heteroatoms. The number of alkyl halides is 1. The molecule has 4 rings (SSSR count). The van der Waals surface area contributed by atoms with Crippen LogP contribution in [0, 0.1) is 12.7 Å². The van der Waals surface area contributed by atoms with Crippen molar-refractivity contribution in [1.82, 2.24) is 10.3 Å². The lowest BCUT2D eigenvalue weighted by atomic mass is 9.79. The SMILES string of the molecule is CCCC(F)OC(=O)CC(C)(CNC(=O)c1c(C)c(-c2ccccc2)nc2ccc(Br)cc12)c1ccccc1F. The number of benzene rings is 3. The molecule has 0 fully saturated rings. The van der Waals surface area contributed by atoms with E-state index in [9.17, 15) is 18.4 Å². The van der Waals surface area contributed by atoms with Gasteiger partial charge in [0.15, 0.2) is 0 Å². The Balaban J connectivity index is 1.71. The van der Waals surface area contributed by atoms with Crippen molar-refractivity contribution in [3.05, 3.63) is 99.8 Å². The van der Waals surface area contributed by atoms with E-state index >= 15 is 0 Å². The second-order valence-corrected chi connectivity index (χ2v) is 11.0. The van der Waals surface area contributed by atoms with Crippen LogP contribution in [-0.2, 0) is 14.9 Å². The Bertz CT molecular complexity index is 1530. The maximum atomic E-state index is 15.0. The molecule has 1 aromatic heterocycles. The van der Waals surface area contributed by atoms with Gasteiger partial charge >= 0.3 is 5.97 Å². The van der Waals surface area contributed by atoms with Crippen molar-refractivity contribution in [2.75, 3.05) is 6.54 Å². The summed E-state index contributed by atoms with van der Waals surface area (Å²) in [5.74, 6) is -1.73. The number of nitrogens with one attached hydrogen (secondary N) is 1. The molecule has 2 atom stereocenters. The maximum Gasteiger partial charge on any atom is 0.309 e. The Kier molecular flexibility index (Phi) is 9.30. The lowest BCUT2D eigenvalue weighted by Gasteiger charge is -2.30. The van der Waals surface area contributed by atoms with Crippen LogP contribution in [0.15, 0.2) is 77.3 Å². The fourth-order valence-electron chi connectivity index (χ4n) is 4.86. The van der Waals surface area contributed by atoms with Gasteiger partial charge in [0, 0.05) is 33.8 Å². The summed E-state index contributed by atoms with van der Waals surface area (Å²) < 4.78 is 34.7. The lowest BCUT2D eigenvalue weighted by Crippen LogP contribution is -2.41. The standard InChI is InChI=1S/C32H31BrF2N2O3/c1-4-10-27(35)40-28(38)18-32(3,24-13-8-9-14-25(24)34)19-36-31(39)29-20(2)30(21-11-6-5-7-12-21)37-26-16-15-22(33)17-23(26)29/h5-9,11-17,27H,4,10,18-19H2,1-3H3,(H,36,39). The monoisotopic (exact) mass is 608 g/mol. The molecule has 0 aliphatic rings. The number of fused-ring (bicyclic) bond motifs is 1. The third kappa shape index (κ3) is 6.55. The molecular weight excluding hydrogens is 578 g/mol. The number of ether oxygens (including phenoxy) is 1. The van der Waals surface area contributed by atoms with Crippen molar-refractivity contribution in [3.8, 4) is 11.3 Å². The molecular formula is C32H31BrF2N2O3. The van der Waals surface area contributed by atoms with Crippen LogP contribution in [0.1, 0.15) is 54.6 Å². The largest absolute Gasteiger partial charge is 0.431 e. The second-order valence-electron chi connectivity index (χ2n) is 10.1. The topological polar surface area (TPSA) is 68.3 Å². The van der Waals surface area contributed by atoms with E-state index in [1.807, 2.05) is 55.5 Å². The van der Waals surface area contributed by atoms with E-state index in [2.05, 4.69) is 21.2 Å². The molecule has 5 nitrogen and oxygen atoms in total. The fourth-order valence-corrected chi connectivity index (χ4v) is 5.22. The van der Waals surface area contributed by atoms with Gasteiger partial charge in [0.2, 0.25) is 6.36 Å². The van der Waals surface area contributed by atoms with Gasteiger partial charge in [-0.2, -0.15) is 0 Å². The first-order chi connectivity index (χ1) is 19.1. The first-order valence-corrected chi connectivity index (χ1v) is 13.9. The Morgan fingerprint density at radius 1 is 1.07 bits per heavy atom. The number of carbonyl (C=O) groups is 2. The van der Waals surface area contributed by atoms with E-state index in [1.165, 1.54) is 6.07 Å². The first-order valence-electron chi connectivity index (χ1n) is 13.1. The molecule has 0 saturated heterocycles. The molecule has 3 aromatic carbocycles. The molecule has 4 aromatic rings. The summed E-state index contributed by atoms with van der Waals surface area (Å²) in [5, 5.41) is 3.58. The van der Waals surface area contributed by atoms with Gasteiger partial charge in [-0.1, -0.05) is 78.3 Å². The minimum absolute atomic E-state index is 0.0760. The molecule has 0 bridgehead atoms. The molecule has 0 aliphatic carbocycles. The Morgan fingerprint density at radius 2 is 1.77 bits per heavy atom. The second kappa shape index (κ2) is 12.7. The summed E-state index contributed by atoms with van der Waals surface area (Å²) in [6.45, 7) is 5.19. The number of hydrogen-bond acceptors (Lipinski definition) is 4. The molecule has 0 saturated carbocycles. The summed E-state index contributed by atoms with van der Waals surface area (Å²) in [6, 6.07) is 21.2. The average molecular weight is 610 g/mol. The van der Waals surface area contributed by atoms with E-state index in [0.717, 1.165) is 10.0 Å². The van der Waals surface area contributed by atoms with Crippen LogP contribution in [0.2, 0.25) is 0 Å². The minimum atomic E-state index is -1.74. The lowest BCUT2D eigenvalue weighted by molar-refractivity contribution is -0.159. The number of hydrogen-bond donors (Lipinski definition) is 1. The molecule has 1 amide bonds. The van der Waals surface area contributed by atoms with Gasteiger partial charge in [-0.15, -0.1) is 0 Å². The number of amides is 1. The number of aromatic nitrogens is 1. The quantitative estimate of drug-likeness (QED) is 0.186. The van der Waals surface area contributed by atoms with Crippen LogP contribution in [0.5, 0.6) is 0 Å². The van der Waals surface area contributed by atoms with Gasteiger partial charge in [-0.25, -0.2) is 13.8 Å². The van der Waals surface area contributed by atoms with Gasteiger partial charge in [-0.05, 0) is 48.7 Å². The Morgan fingerprint density at radius 3 is 2.48 bits per heavy atom. The Hall–Kier alpha value is -3.65. The first kappa shape index (κ1) is 29.3. The van der Waals surface area contributed by atoms with Crippen LogP contribution in [-0.4, -0.2) is 29.8 Å². The van der Waals surface area contributed by atoms with Crippen LogP contribution >= 0.6 is 15.9 Å². The van der Waals surface area contributed by atoms with Crippen molar-refractivity contribution >= 4 is 38.7 Å². The highest BCUT2D eigenvalue weighted by molar-refractivity contribution is 9.10. The van der Waals surface area contributed by atoms with E-state index < -0.39 is 29.5 Å². The van der Waals surface area contributed by atoms with Crippen molar-refractivity contribution in [1.29, 1.82) is 0 Å². The van der Waals surface area contributed by atoms with Crippen LogP contribution in [0.4, 0.5) is 8.78 Å². The van der Waals surface area contributed by atoms with E-state index in [-0.39, 0.29) is 24.9 Å². The molecule has 40 heavy (non-hydrogen) atoms. The molecule has 0 spiro atoms. The zero-order valence-corrected chi connectivity index (χ0v) is 24.2. The summed E-state index contributed by atoms with van der Waals surface area (Å²) in [6.07, 6.45) is -1.48. The van der Waals surface area contributed by atoms with E-state index in [1.54, 1.807) is 32.0 Å². The molecule has 208 valence electrons. The predicted molar refractivity (Wildman–Crippen MR) is 156 cm³/mol. The maximum absolute atomic E-state index is 15.0. The van der Waals surface area contributed by atoms with E-state index in [0.29, 0.717) is 34.1 Å². The summed E-state index contributed by atoms with van der Waals surface area (Å²) in [7, 11) is 0. The van der Waals surface area contributed by atoms with E-state index in [4.69, 9.17) is 9.72 Å². The predicted octanol–water partition coefficient (Wildman–Crippen LogP) is 7.83. The van der Waals surface area contributed by atoms with Crippen molar-refractivity contribution in [2.24, 2.45) is 0 Å². The number of halogens is 3. The molecule has 2 unspecified atom stereocenters. The van der Waals surface area contributed by atoms with Crippen LogP contribution in [0.25, 0.3) is 22.2 Å². The summed E-state index contributed by atoms with van der Waals surface area (Å²) in [4.78, 5) is 31.4. The number of carbonyl (C=O) groups excluding carboxylic acids is 2. The molecule has 0 radical (unpaired) electrons. The third-order valence-electron chi connectivity index (χ3n) is 6.94. The number of pyridine rings is 1. The normalized spacial score (nSPS) is 13.4. The van der Waals surface area contributed by atoms with Gasteiger partial charge in [0.25, 0.3) is 5.91 Å². The minimum Gasteiger partial charge on any atom is -0.431 e. The highest BCUT2D eigenvalue weighted by atomic mass is 79.9.